The molecule has 0 radical (unpaired) electrons. The Morgan fingerprint density at radius 3 is 2.63 bits per heavy atom. The van der Waals surface area contributed by atoms with Gasteiger partial charge in [-0.2, -0.15) is 5.26 Å². The van der Waals surface area contributed by atoms with Crippen LogP contribution in [0.4, 0.5) is 15.9 Å². The summed E-state index contributed by atoms with van der Waals surface area (Å²) in [6.45, 7) is 0. The van der Waals surface area contributed by atoms with Crippen LogP contribution in [0.1, 0.15) is 54.6 Å². The van der Waals surface area contributed by atoms with Gasteiger partial charge in [0, 0.05) is 17.5 Å². The molecule has 41 heavy (non-hydrogen) atoms. The molecule has 0 aliphatic heterocycles. The third kappa shape index (κ3) is 5.58. The van der Waals surface area contributed by atoms with Crippen molar-refractivity contribution >= 4 is 41.9 Å². The van der Waals surface area contributed by atoms with E-state index in [4.69, 9.17) is 11.6 Å². The van der Waals surface area contributed by atoms with E-state index in [1.807, 2.05) is 61.2 Å². The van der Waals surface area contributed by atoms with E-state index >= 15 is 0 Å². The predicted octanol–water partition coefficient (Wildman–Crippen LogP) is 5.75. The van der Waals surface area contributed by atoms with E-state index < -0.39 is 5.44 Å². The summed E-state index contributed by atoms with van der Waals surface area (Å²) in [4.78, 5) is 9.00. The number of anilines is 2. The number of benzene rings is 3. The number of nitrogens with one attached hydrogen (secondary N) is 2. The fourth-order valence-corrected chi connectivity index (χ4v) is 5.34. The molecule has 5 aromatic rings. The maximum absolute atomic E-state index is 13.9. The molecule has 2 N–H and O–H groups in total. The van der Waals surface area contributed by atoms with Crippen molar-refractivity contribution in [2.45, 2.75) is 43.2 Å². The molecule has 204 valence electrons. The highest BCUT2D eigenvalue weighted by Gasteiger charge is 2.34. The molecule has 8 nitrogen and oxygen atoms in total. The predicted molar refractivity (Wildman–Crippen MR) is 160 cm³/mol. The highest BCUT2D eigenvalue weighted by atomic mass is 35.5. The van der Waals surface area contributed by atoms with Gasteiger partial charge < -0.3 is 10.6 Å². The largest absolute Gasteiger partial charge is 0.378 e. The fourth-order valence-electron chi connectivity index (χ4n) is 5.07. The first kappa shape index (κ1) is 26.7. The Kier molecular flexibility index (Phi) is 7.29. The van der Waals surface area contributed by atoms with E-state index in [1.54, 1.807) is 12.1 Å². The summed E-state index contributed by atoms with van der Waals surface area (Å²) >= 11 is 6.78. The molecule has 1 fully saturated rings. The summed E-state index contributed by atoms with van der Waals surface area (Å²) in [5.74, 6) is 0.291. The molecule has 2 aromatic heterocycles. The Morgan fingerprint density at radius 1 is 1.12 bits per heavy atom. The third-order valence-electron chi connectivity index (χ3n) is 7.51. The van der Waals surface area contributed by atoms with E-state index in [1.165, 1.54) is 18.5 Å². The number of aromatic nitrogens is 5. The lowest BCUT2D eigenvalue weighted by atomic mass is 9.69. The summed E-state index contributed by atoms with van der Waals surface area (Å²) in [5.41, 5.74) is 3.04. The maximum Gasteiger partial charge on any atom is 0.148 e. The standard InChI is InChI=1S/C30H27BClFN8/c31-30(20-8-10-21(33)11-9-20,27-17-41(40-39-27)23-12-13-23)38-22-15-24-28(25(32)16-22)35-18-36-29(24)37-26(7-4-14-34)19-5-2-1-3-6-19/h1-3,5-6,8-11,15-18,23,26,38H,4,7,12-13,31H2,(H,35,36,37)/t26-,30?/m1/s1. The number of rotatable bonds is 10. The Balaban J connectivity index is 1.40. The van der Waals surface area contributed by atoms with Crippen LogP contribution >= 0.6 is 11.6 Å². The van der Waals surface area contributed by atoms with Crippen LogP contribution in [0.2, 0.25) is 5.02 Å². The number of hydrogen-bond donors (Lipinski definition) is 2. The summed E-state index contributed by atoms with van der Waals surface area (Å²) < 4.78 is 15.8. The van der Waals surface area contributed by atoms with Crippen LogP contribution in [-0.4, -0.2) is 32.8 Å². The van der Waals surface area contributed by atoms with Crippen LogP contribution in [0, 0.1) is 17.1 Å². The summed E-state index contributed by atoms with van der Waals surface area (Å²) in [5, 5.41) is 26.5. The van der Waals surface area contributed by atoms with Crippen molar-refractivity contribution in [3.05, 3.63) is 107 Å². The van der Waals surface area contributed by atoms with Crippen molar-refractivity contribution in [3.63, 3.8) is 0 Å². The monoisotopic (exact) mass is 564 g/mol. The van der Waals surface area contributed by atoms with E-state index in [0.29, 0.717) is 46.6 Å². The van der Waals surface area contributed by atoms with Gasteiger partial charge in [-0.05, 0) is 54.7 Å². The zero-order valence-electron chi connectivity index (χ0n) is 22.4. The Morgan fingerprint density at radius 2 is 1.90 bits per heavy atom. The number of nitriles is 1. The minimum Gasteiger partial charge on any atom is -0.378 e. The number of fused-ring (bicyclic) bond motifs is 1. The van der Waals surface area contributed by atoms with E-state index in [2.05, 4.69) is 37.0 Å². The maximum atomic E-state index is 13.9. The molecule has 3 aromatic carbocycles. The smallest absolute Gasteiger partial charge is 0.148 e. The van der Waals surface area contributed by atoms with Gasteiger partial charge in [0.1, 0.15) is 31.5 Å². The van der Waals surface area contributed by atoms with Crippen molar-refractivity contribution in [2.24, 2.45) is 0 Å². The average Bonchev–Trinajstić information content (AvgIpc) is 3.71. The molecular weight excluding hydrogens is 538 g/mol. The zero-order chi connectivity index (χ0) is 28.4. The highest BCUT2D eigenvalue weighted by Crippen LogP contribution is 2.38. The molecule has 1 saturated carbocycles. The summed E-state index contributed by atoms with van der Waals surface area (Å²) in [6.07, 6.45) is 6.59. The summed E-state index contributed by atoms with van der Waals surface area (Å²) in [7, 11) is 1.99. The van der Waals surface area contributed by atoms with Crippen LogP contribution in [0.3, 0.4) is 0 Å². The Bertz CT molecular complexity index is 1720. The molecule has 1 aliphatic carbocycles. The lowest BCUT2D eigenvalue weighted by Crippen LogP contribution is -2.37. The van der Waals surface area contributed by atoms with Gasteiger partial charge >= 0.3 is 0 Å². The van der Waals surface area contributed by atoms with Gasteiger partial charge in [-0.3, -0.25) is 0 Å². The molecule has 0 amide bonds. The van der Waals surface area contributed by atoms with Crippen LogP contribution in [0.25, 0.3) is 10.9 Å². The van der Waals surface area contributed by atoms with Crippen molar-refractivity contribution in [3.8, 4) is 6.07 Å². The third-order valence-corrected chi connectivity index (χ3v) is 7.80. The lowest BCUT2D eigenvalue weighted by Gasteiger charge is -2.31. The SMILES string of the molecule is BC(Nc1cc(Cl)c2ncnc(N[C@H](CCC#N)c3ccccc3)c2c1)(c1ccc(F)cc1)c1cn(C2CC2)nn1. The fraction of sp³-hybridized carbons (Fsp3) is 0.233. The quantitative estimate of drug-likeness (QED) is 0.208. The van der Waals surface area contributed by atoms with E-state index in [-0.39, 0.29) is 11.9 Å². The number of nitrogens with zero attached hydrogens (tertiary/aromatic N) is 6. The molecule has 2 atom stereocenters. The van der Waals surface area contributed by atoms with Gasteiger partial charge in [-0.15, -0.1) is 5.10 Å². The van der Waals surface area contributed by atoms with Crippen molar-refractivity contribution < 1.29 is 4.39 Å². The van der Waals surface area contributed by atoms with Crippen LogP contribution in [0.15, 0.2) is 79.3 Å². The number of halogens is 2. The molecular formula is C30H27BClFN8. The minimum atomic E-state index is -0.847. The topological polar surface area (TPSA) is 104 Å². The Labute approximate surface area is 243 Å². The van der Waals surface area contributed by atoms with Crippen molar-refractivity contribution in [2.75, 3.05) is 10.6 Å². The minimum absolute atomic E-state index is 0.133. The first-order valence-corrected chi connectivity index (χ1v) is 13.9. The van der Waals surface area contributed by atoms with Gasteiger partial charge in [-0.1, -0.05) is 59.3 Å². The summed E-state index contributed by atoms with van der Waals surface area (Å²) in [6, 6.07) is 22.6. The molecule has 0 bridgehead atoms. The second kappa shape index (κ2) is 11.2. The van der Waals surface area contributed by atoms with E-state index in [0.717, 1.165) is 29.4 Å². The average molecular weight is 565 g/mol. The van der Waals surface area contributed by atoms with E-state index in [9.17, 15) is 9.65 Å². The highest BCUT2D eigenvalue weighted by molar-refractivity contribution is 6.35. The van der Waals surface area contributed by atoms with Gasteiger partial charge in [0.25, 0.3) is 0 Å². The molecule has 1 aliphatic rings. The molecule has 0 saturated heterocycles. The van der Waals surface area contributed by atoms with Gasteiger partial charge in [0.2, 0.25) is 0 Å². The molecule has 0 spiro atoms. The molecule has 6 rings (SSSR count). The first-order valence-electron chi connectivity index (χ1n) is 13.5. The number of hydrogen-bond acceptors (Lipinski definition) is 7. The van der Waals surface area contributed by atoms with Gasteiger partial charge in [0.15, 0.2) is 0 Å². The van der Waals surface area contributed by atoms with Gasteiger partial charge in [-0.25, -0.2) is 19.0 Å². The van der Waals surface area contributed by atoms with Gasteiger partial charge in [0.05, 0.1) is 40.3 Å². The van der Waals surface area contributed by atoms with Crippen molar-refractivity contribution in [1.29, 1.82) is 5.26 Å². The van der Waals surface area contributed by atoms with Crippen LogP contribution < -0.4 is 10.6 Å². The zero-order valence-corrected chi connectivity index (χ0v) is 23.2. The van der Waals surface area contributed by atoms with Crippen molar-refractivity contribution in [1.82, 2.24) is 25.0 Å². The normalized spacial score (nSPS) is 15.1. The molecule has 2 heterocycles. The first-order chi connectivity index (χ1) is 19.9. The molecule has 1 unspecified atom stereocenters. The second-order valence-electron chi connectivity index (χ2n) is 10.5. The van der Waals surface area contributed by atoms with Crippen LogP contribution in [-0.2, 0) is 5.44 Å². The second-order valence-corrected chi connectivity index (χ2v) is 10.9. The Hall–Kier alpha value is -4.49. The molecule has 11 heteroatoms. The lowest BCUT2D eigenvalue weighted by molar-refractivity contribution is 0.610. The van der Waals surface area contributed by atoms with Crippen LogP contribution in [0.5, 0.6) is 0 Å².